The van der Waals surface area contributed by atoms with Gasteiger partial charge in [-0.05, 0) is 23.3 Å². The van der Waals surface area contributed by atoms with Crippen molar-refractivity contribution in [2.75, 3.05) is 0 Å². The molecule has 0 atom stereocenters. The zero-order valence-electron chi connectivity index (χ0n) is 11.9. The number of non-ortho nitro benzene ring substituents is 1. The quantitative estimate of drug-likeness (QED) is 0.545. The third kappa shape index (κ3) is 2.83. The van der Waals surface area contributed by atoms with E-state index in [1.165, 1.54) is 16.9 Å². The number of nitro benzene ring substituents is 1. The van der Waals surface area contributed by atoms with Crippen molar-refractivity contribution in [3.63, 3.8) is 0 Å². The molecule has 0 radical (unpaired) electrons. The largest absolute Gasteiger partial charge is 0.270 e. The van der Waals surface area contributed by atoms with Crippen LogP contribution >= 0.6 is 0 Å². The van der Waals surface area contributed by atoms with Crippen LogP contribution in [0.4, 0.5) is 5.69 Å². The van der Waals surface area contributed by atoms with E-state index < -0.39 is 4.92 Å². The van der Waals surface area contributed by atoms with Gasteiger partial charge in [0.05, 0.1) is 11.5 Å². The second-order valence-electron chi connectivity index (χ2n) is 4.88. The highest BCUT2D eigenvalue weighted by Gasteiger charge is 2.11. The van der Waals surface area contributed by atoms with Crippen LogP contribution in [0.25, 0.3) is 11.4 Å². The molecule has 0 aliphatic carbocycles. The number of benzene rings is 2. The number of rotatable bonds is 4. The fourth-order valence-electron chi connectivity index (χ4n) is 2.12. The summed E-state index contributed by atoms with van der Waals surface area (Å²) in [7, 11) is 0. The minimum Gasteiger partial charge on any atom is -0.258 e. The molecule has 3 rings (SSSR count). The van der Waals surface area contributed by atoms with Gasteiger partial charge in [0.15, 0.2) is 0 Å². The zero-order chi connectivity index (χ0) is 15.5. The van der Waals surface area contributed by atoms with Crippen molar-refractivity contribution in [2.24, 2.45) is 0 Å². The lowest BCUT2D eigenvalue weighted by atomic mass is 10.1. The van der Waals surface area contributed by atoms with Gasteiger partial charge in [-0.3, -0.25) is 10.1 Å². The molecule has 0 amide bonds. The molecular weight excluding hydrogens is 282 g/mol. The second-order valence-corrected chi connectivity index (χ2v) is 4.88. The molecule has 0 spiro atoms. The Morgan fingerprint density at radius 2 is 2.00 bits per heavy atom. The summed E-state index contributed by atoms with van der Waals surface area (Å²) >= 11 is 0. The first-order valence-corrected chi connectivity index (χ1v) is 6.70. The number of nitro groups is 1. The monoisotopic (exact) mass is 295 g/mol. The van der Waals surface area contributed by atoms with E-state index in [1.807, 2.05) is 31.2 Å². The molecule has 0 aliphatic rings. The maximum Gasteiger partial charge on any atom is 0.270 e. The van der Waals surface area contributed by atoms with Crippen molar-refractivity contribution >= 4 is 5.69 Å². The predicted octanol–water partition coefficient (Wildman–Crippen LogP) is 2.61. The van der Waals surface area contributed by atoms with E-state index in [-0.39, 0.29) is 5.69 Å². The summed E-state index contributed by atoms with van der Waals surface area (Å²) in [5, 5.41) is 23.1. The van der Waals surface area contributed by atoms with Crippen LogP contribution in [0.2, 0.25) is 0 Å². The molecular formula is C15H13N5O2. The molecule has 0 fully saturated rings. The van der Waals surface area contributed by atoms with E-state index in [9.17, 15) is 10.1 Å². The van der Waals surface area contributed by atoms with Gasteiger partial charge in [-0.15, -0.1) is 10.2 Å². The van der Waals surface area contributed by atoms with Crippen LogP contribution in [-0.4, -0.2) is 25.1 Å². The van der Waals surface area contributed by atoms with Crippen molar-refractivity contribution in [2.45, 2.75) is 13.5 Å². The van der Waals surface area contributed by atoms with E-state index in [1.54, 1.807) is 12.1 Å². The van der Waals surface area contributed by atoms with Gasteiger partial charge in [0.1, 0.15) is 0 Å². The molecule has 2 aromatic carbocycles. The van der Waals surface area contributed by atoms with E-state index in [0.717, 1.165) is 11.1 Å². The van der Waals surface area contributed by atoms with Gasteiger partial charge in [-0.25, -0.2) is 0 Å². The number of hydrogen-bond donors (Lipinski definition) is 0. The Hall–Kier alpha value is -3.09. The van der Waals surface area contributed by atoms with Crippen molar-refractivity contribution in [1.29, 1.82) is 0 Å². The minimum absolute atomic E-state index is 0.00718. The first-order chi connectivity index (χ1) is 10.6. The molecule has 0 N–H and O–H groups in total. The van der Waals surface area contributed by atoms with Crippen LogP contribution in [0.5, 0.6) is 0 Å². The lowest BCUT2D eigenvalue weighted by Gasteiger charge is -2.03. The summed E-state index contributed by atoms with van der Waals surface area (Å²) in [6, 6.07) is 14.2. The van der Waals surface area contributed by atoms with E-state index in [0.29, 0.717) is 17.9 Å². The molecule has 0 saturated carbocycles. The fourth-order valence-corrected chi connectivity index (χ4v) is 2.12. The number of hydrogen-bond acceptors (Lipinski definition) is 5. The third-order valence-corrected chi connectivity index (χ3v) is 3.34. The molecule has 22 heavy (non-hydrogen) atoms. The maximum absolute atomic E-state index is 10.8. The SMILES string of the molecule is Cc1ccccc1Cn1nnc(-c2cccc([N+](=O)[O-])c2)n1. The highest BCUT2D eigenvalue weighted by molar-refractivity contribution is 5.58. The van der Waals surface area contributed by atoms with Crippen molar-refractivity contribution in [3.8, 4) is 11.4 Å². The fraction of sp³-hybridized carbons (Fsp3) is 0.133. The van der Waals surface area contributed by atoms with E-state index >= 15 is 0 Å². The summed E-state index contributed by atoms with van der Waals surface area (Å²) in [6.07, 6.45) is 0. The van der Waals surface area contributed by atoms with E-state index in [4.69, 9.17) is 0 Å². The van der Waals surface area contributed by atoms with Crippen LogP contribution in [0, 0.1) is 17.0 Å². The topological polar surface area (TPSA) is 86.7 Å². The van der Waals surface area contributed by atoms with Crippen molar-refractivity contribution in [1.82, 2.24) is 20.2 Å². The van der Waals surface area contributed by atoms with Crippen molar-refractivity contribution < 1.29 is 4.92 Å². The molecule has 110 valence electrons. The summed E-state index contributed by atoms with van der Waals surface area (Å²) < 4.78 is 0. The average molecular weight is 295 g/mol. The first-order valence-electron chi connectivity index (χ1n) is 6.70. The van der Waals surface area contributed by atoms with Gasteiger partial charge in [0, 0.05) is 17.7 Å². The Bertz CT molecular complexity index is 828. The van der Waals surface area contributed by atoms with Crippen LogP contribution in [0.3, 0.4) is 0 Å². The van der Waals surface area contributed by atoms with Gasteiger partial charge in [-0.2, -0.15) is 4.80 Å². The minimum atomic E-state index is -0.443. The molecule has 7 nitrogen and oxygen atoms in total. The molecule has 0 saturated heterocycles. The Balaban J connectivity index is 1.86. The van der Waals surface area contributed by atoms with Crippen molar-refractivity contribution in [3.05, 3.63) is 69.8 Å². The van der Waals surface area contributed by atoms with Gasteiger partial charge in [-0.1, -0.05) is 36.4 Å². The third-order valence-electron chi connectivity index (χ3n) is 3.34. The normalized spacial score (nSPS) is 10.6. The first kappa shape index (κ1) is 13.9. The summed E-state index contributed by atoms with van der Waals surface area (Å²) in [4.78, 5) is 11.9. The average Bonchev–Trinajstić information content (AvgIpc) is 2.98. The Morgan fingerprint density at radius 3 is 2.77 bits per heavy atom. The lowest BCUT2D eigenvalue weighted by molar-refractivity contribution is -0.384. The second kappa shape index (κ2) is 5.72. The molecule has 1 heterocycles. The molecule has 3 aromatic rings. The highest BCUT2D eigenvalue weighted by atomic mass is 16.6. The standard InChI is InChI=1S/C15H13N5O2/c1-11-5-2-3-6-13(11)10-19-17-15(16-18-19)12-7-4-8-14(9-12)20(21)22/h2-9H,10H2,1H3. The molecule has 0 unspecified atom stereocenters. The van der Waals surface area contributed by atoms with Gasteiger partial charge in [0.2, 0.25) is 5.82 Å². The highest BCUT2D eigenvalue weighted by Crippen LogP contribution is 2.20. The molecule has 7 heteroatoms. The summed E-state index contributed by atoms with van der Waals surface area (Å²) in [6.45, 7) is 2.53. The van der Waals surface area contributed by atoms with Crippen LogP contribution in [0.1, 0.15) is 11.1 Å². The lowest BCUT2D eigenvalue weighted by Crippen LogP contribution is -2.05. The number of nitrogens with zero attached hydrogens (tertiary/aromatic N) is 5. The maximum atomic E-state index is 10.8. The molecule has 1 aromatic heterocycles. The molecule has 0 aliphatic heterocycles. The van der Waals surface area contributed by atoms with Crippen LogP contribution in [0.15, 0.2) is 48.5 Å². The number of aryl methyl sites for hydroxylation is 1. The van der Waals surface area contributed by atoms with E-state index in [2.05, 4.69) is 15.4 Å². The summed E-state index contributed by atoms with van der Waals surface area (Å²) in [5.74, 6) is 0.372. The predicted molar refractivity (Wildman–Crippen MR) is 80.2 cm³/mol. The van der Waals surface area contributed by atoms with Gasteiger partial charge in [0.25, 0.3) is 5.69 Å². The number of tetrazole rings is 1. The molecule has 0 bridgehead atoms. The Morgan fingerprint density at radius 1 is 1.18 bits per heavy atom. The Kier molecular flexibility index (Phi) is 3.61. The summed E-state index contributed by atoms with van der Waals surface area (Å²) in [5.41, 5.74) is 2.83. The van der Waals surface area contributed by atoms with Crippen LogP contribution < -0.4 is 0 Å². The zero-order valence-corrected chi connectivity index (χ0v) is 11.9. The Labute approximate surface area is 126 Å². The van der Waals surface area contributed by atoms with Gasteiger partial charge < -0.3 is 0 Å². The van der Waals surface area contributed by atoms with Gasteiger partial charge >= 0.3 is 0 Å². The smallest absolute Gasteiger partial charge is 0.258 e. The number of aromatic nitrogens is 4. The van der Waals surface area contributed by atoms with Crippen LogP contribution in [-0.2, 0) is 6.54 Å².